The Bertz CT molecular complexity index is 623. The van der Waals surface area contributed by atoms with Crippen LogP contribution in [-0.4, -0.2) is 30.9 Å². The summed E-state index contributed by atoms with van der Waals surface area (Å²) in [5, 5.41) is 17.6. The fourth-order valence-corrected chi connectivity index (χ4v) is 2.97. The molecule has 0 spiro atoms. The Hall–Kier alpha value is -2.39. The van der Waals surface area contributed by atoms with Crippen molar-refractivity contribution in [2.45, 2.75) is 38.3 Å². The van der Waals surface area contributed by atoms with Gasteiger partial charge in [0.05, 0.1) is 23.6 Å². The number of nitrogens with one attached hydrogen (secondary N) is 3. The average Bonchev–Trinajstić information content (AvgIpc) is 3.02. The average molecular weight is 314 g/mol. The first kappa shape index (κ1) is 17.0. The van der Waals surface area contributed by atoms with Gasteiger partial charge in [-0.25, -0.2) is 0 Å². The number of nitrogens with zero attached hydrogens (tertiary/aromatic N) is 1. The van der Waals surface area contributed by atoms with Crippen molar-refractivity contribution in [3.05, 3.63) is 29.8 Å². The van der Waals surface area contributed by atoms with Gasteiger partial charge in [0.25, 0.3) is 0 Å². The molecule has 6 nitrogen and oxygen atoms in total. The summed E-state index contributed by atoms with van der Waals surface area (Å²) in [7, 11) is 1.63. The Morgan fingerprint density at radius 2 is 2.13 bits per heavy atom. The van der Waals surface area contributed by atoms with Crippen molar-refractivity contribution < 1.29 is 9.59 Å². The van der Waals surface area contributed by atoms with Crippen LogP contribution in [-0.2, 0) is 9.59 Å². The molecule has 0 unspecified atom stereocenters. The van der Waals surface area contributed by atoms with Crippen LogP contribution in [0.15, 0.2) is 24.3 Å². The van der Waals surface area contributed by atoms with Crippen molar-refractivity contribution in [2.75, 3.05) is 12.4 Å². The normalized spacial score (nSPS) is 21.3. The van der Waals surface area contributed by atoms with Crippen LogP contribution in [0.1, 0.15) is 31.7 Å². The number of hydrogen-bond donors (Lipinski definition) is 3. The van der Waals surface area contributed by atoms with E-state index >= 15 is 0 Å². The molecular weight excluding hydrogens is 292 g/mol. The quantitative estimate of drug-likeness (QED) is 0.765. The van der Waals surface area contributed by atoms with Crippen molar-refractivity contribution in [3.8, 4) is 6.07 Å². The highest BCUT2D eigenvalue weighted by Gasteiger charge is 2.33. The summed E-state index contributed by atoms with van der Waals surface area (Å²) < 4.78 is 0. The van der Waals surface area contributed by atoms with Gasteiger partial charge in [0.15, 0.2) is 0 Å². The molecule has 6 heteroatoms. The van der Waals surface area contributed by atoms with Crippen LogP contribution in [0.5, 0.6) is 0 Å². The zero-order valence-corrected chi connectivity index (χ0v) is 13.4. The minimum atomic E-state index is -0.420. The van der Waals surface area contributed by atoms with Gasteiger partial charge in [0, 0.05) is 18.8 Å². The van der Waals surface area contributed by atoms with Gasteiger partial charge in [-0.2, -0.15) is 5.26 Å². The third-order valence-electron chi connectivity index (χ3n) is 4.22. The SMILES string of the molecule is CNC(=O)[C@@H]1CCC[C@@H]1N[C@H](C)C(=O)Nc1cccc(C#N)c1. The summed E-state index contributed by atoms with van der Waals surface area (Å²) in [5.74, 6) is -0.242. The molecule has 0 heterocycles. The molecule has 1 aromatic rings. The molecule has 1 aromatic carbocycles. The van der Waals surface area contributed by atoms with E-state index in [4.69, 9.17) is 5.26 Å². The Labute approximate surface area is 136 Å². The molecule has 1 aliphatic carbocycles. The molecule has 122 valence electrons. The Morgan fingerprint density at radius 3 is 2.83 bits per heavy atom. The lowest BCUT2D eigenvalue weighted by Crippen LogP contribution is -2.48. The minimum absolute atomic E-state index is 0.0149. The second-order valence-electron chi connectivity index (χ2n) is 5.83. The van der Waals surface area contributed by atoms with E-state index in [0.29, 0.717) is 11.3 Å². The summed E-state index contributed by atoms with van der Waals surface area (Å²) in [6.45, 7) is 1.78. The Kier molecular flexibility index (Phi) is 5.72. The Balaban J connectivity index is 1.94. The lowest BCUT2D eigenvalue weighted by molar-refractivity contribution is -0.125. The van der Waals surface area contributed by atoms with Gasteiger partial charge in [-0.1, -0.05) is 12.5 Å². The van der Waals surface area contributed by atoms with Gasteiger partial charge >= 0.3 is 0 Å². The van der Waals surface area contributed by atoms with Crippen LogP contribution in [0.25, 0.3) is 0 Å². The predicted octanol–water partition coefficient (Wildman–Crippen LogP) is 1.39. The van der Waals surface area contributed by atoms with Gasteiger partial charge in [-0.05, 0) is 38.0 Å². The molecule has 0 bridgehead atoms. The minimum Gasteiger partial charge on any atom is -0.359 e. The van der Waals surface area contributed by atoms with Crippen LogP contribution >= 0.6 is 0 Å². The molecule has 23 heavy (non-hydrogen) atoms. The van der Waals surface area contributed by atoms with Gasteiger partial charge < -0.3 is 16.0 Å². The molecule has 1 aliphatic rings. The molecule has 3 atom stereocenters. The second-order valence-corrected chi connectivity index (χ2v) is 5.83. The van der Waals surface area contributed by atoms with E-state index in [2.05, 4.69) is 16.0 Å². The fraction of sp³-hybridized carbons (Fsp3) is 0.471. The number of benzene rings is 1. The lowest BCUT2D eigenvalue weighted by Gasteiger charge is -2.23. The number of rotatable bonds is 5. The molecule has 1 fully saturated rings. The maximum Gasteiger partial charge on any atom is 0.241 e. The number of amides is 2. The van der Waals surface area contributed by atoms with E-state index in [1.165, 1.54) is 0 Å². The summed E-state index contributed by atoms with van der Waals surface area (Å²) in [6, 6.07) is 8.42. The van der Waals surface area contributed by atoms with Crippen LogP contribution in [0.4, 0.5) is 5.69 Å². The highest BCUT2D eigenvalue weighted by atomic mass is 16.2. The van der Waals surface area contributed by atoms with E-state index in [9.17, 15) is 9.59 Å². The monoisotopic (exact) mass is 314 g/mol. The smallest absolute Gasteiger partial charge is 0.241 e. The predicted molar refractivity (Wildman–Crippen MR) is 87.6 cm³/mol. The third kappa shape index (κ3) is 4.30. The van der Waals surface area contributed by atoms with Gasteiger partial charge in [-0.15, -0.1) is 0 Å². The van der Waals surface area contributed by atoms with Gasteiger partial charge in [0.2, 0.25) is 11.8 Å². The van der Waals surface area contributed by atoms with E-state index in [1.54, 1.807) is 38.2 Å². The first-order valence-corrected chi connectivity index (χ1v) is 7.84. The molecule has 0 aromatic heterocycles. The zero-order chi connectivity index (χ0) is 16.8. The first-order valence-electron chi connectivity index (χ1n) is 7.84. The summed E-state index contributed by atoms with van der Waals surface area (Å²) in [4.78, 5) is 24.1. The zero-order valence-electron chi connectivity index (χ0n) is 13.4. The van der Waals surface area contributed by atoms with Crippen molar-refractivity contribution in [3.63, 3.8) is 0 Å². The maximum atomic E-state index is 12.3. The molecule has 0 aliphatic heterocycles. The van der Waals surface area contributed by atoms with E-state index < -0.39 is 6.04 Å². The lowest BCUT2D eigenvalue weighted by atomic mass is 10.0. The van der Waals surface area contributed by atoms with Crippen LogP contribution in [0.2, 0.25) is 0 Å². The molecule has 2 rings (SSSR count). The number of carbonyl (C=O) groups is 2. The summed E-state index contributed by atoms with van der Waals surface area (Å²) >= 11 is 0. The molecule has 2 amide bonds. The van der Waals surface area contributed by atoms with Gasteiger partial charge in [-0.3, -0.25) is 9.59 Å². The fourth-order valence-electron chi connectivity index (χ4n) is 2.97. The summed E-state index contributed by atoms with van der Waals surface area (Å²) in [5.41, 5.74) is 1.09. The van der Waals surface area contributed by atoms with Crippen LogP contribution in [0.3, 0.4) is 0 Å². The van der Waals surface area contributed by atoms with Crippen molar-refractivity contribution in [1.29, 1.82) is 5.26 Å². The Morgan fingerprint density at radius 1 is 1.35 bits per heavy atom. The van der Waals surface area contributed by atoms with Crippen LogP contribution in [0, 0.1) is 17.2 Å². The molecule has 0 radical (unpaired) electrons. The topological polar surface area (TPSA) is 94.0 Å². The van der Waals surface area contributed by atoms with E-state index in [0.717, 1.165) is 19.3 Å². The van der Waals surface area contributed by atoms with Crippen molar-refractivity contribution >= 4 is 17.5 Å². The van der Waals surface area contributed by atoms with E-state index in [-0.39, 0.29) is 23.8 Å². The second kappa shape index (κ2) is 7.75. The molecule has 1 saturated carbocycles. The molecule has 3 N–H and O–H groups in total. The van der Waals surface area contributed by atoms with Crippen molar-refractivity contribution in [2.24, 2.45) is 5.92 Å². The van der Waals surface area contributed by atoms with Crippen LogP contribution < -0.4 is 16.0 Å². The summed E-state index contributed by atoms with van der Waals surface area (Å²) in [6.07, 6.45) is 2.71. The largest absolute Gasteiger partial charge is 0.359 e. The third-order valence-corrected chi connectivity index (χ3v) is 4.22. The highest BCUT2D eigenvalue weighted by molar-refractivity contribution is 5.94. The highest BCUT2D eigenvalue weighted by Crippen LogP contribution is 2.26. The van der Waals surface area contributed by atoms with Gasteiger partial charge in [0.1, 0.15) is 0 Å². The molecule has 0 saturated heterocycles. The van der Waals surface area contributed by atoms with E-state index in [1.807, 2.05) is 6.07 Å². The standard InChI is InChI=1S/C17H22N4O2/c1-11(20-15-8-4-7-14(15)17(23)19-2)16(22)21-13-6-3-5-12(9-13)10-18/h3,5-6,9,11,14-15,20H,4,7-8H2,1-2H3,(H,19,23)(H,21,22)/t11-,14-,15+/m1/s1. The van der Waals surface area contributed by atoms with Crippen molar-refractivity contribution in [1.82, 2.24) is 10.6 Å². The maximum absolute atomic E-state index is 12.3. The first-order chi connectivity index (χ1) is 11.0. The number of nitriles is 1. The number of hydrogen-bond acceptors (Lipinski definition) is 4. The number of carbonyl (C=O) groups excluding carboxylic acids is 2. The number of anilines is 1. The molecular formula is C17H22N4O2.